The molecule has 1 N–H and O–H groups in total. The molecule has 0 unspecified atom stereocenters. The van der Waals surface area contributed by atoms with Gasteiger partial charge >= 0.3 is 0 Å². The summed E-state index contributed by atoms with van der Waals surface area (Å²) < 4.78 is 0. The Morgan fingerprint density at radius 2 is 2.15 bits per heavy atom. The van der Waals surface area contributed by atoms with Crippen LogP contribution in [0.4, 0.5) is 0 Å². The Hall–Kier alpha value is -2.17. The number of amides is 3. The summed E-state index contributed by atoms with van der Waals surface area (Å²) >= 11 is 0. The highest BCUT2D eigenvalue weighted by atomic mass is 16.2. The first kappa shape index (κ1) is 12.8. The molecule has 1 fully saturated rings. The van der Waals surface area contributed by atoms with Crippen LogP contribution < -0.4 is 5.32 Å². The van der Waals surface area contributed by atoms with Crippen LogP contribution in [0.5, 0.6) is 0 Å². The summed E-state index contributed by atoms with van der Waals surface area (Å²) in [7, 11) is 0. The van der Waals surface area contributed by atoms with Crippen LogP contribution in [0.15, 0.2) is 18.2 Å². The number of hydrogen-bond donors (Lipinski definition) is 1. The fraction of sp³-hybridized carbons (Fsp3) is 0.400. The van der Waals surface area contributed by atoms with Crippen molar-refractivity contribution in [3.8, 4) is 0 Å². The molecule has 0 radical (unpaired) electrons. The number of benzene rings is 1. The van der Waals surface area contributed by atoms with Crippen molar-refractivity contribution >= 4 is 17.7 Å². The lowest BCUT2D eigenvalue weighted by molar-refractivity contribution is -0.136. The number of hydrogen-bond acceptors (Lipinski definition) is 3. The van der Waals surface area contributed by atoms with Gasteiger partial charge in [-0.25, -0.2) is 0 Å². The van der Waals surface area contributed by atoms with E-state index in [1.54, 1.807) is 4.90 Å². The molecule has 0 aromatic heterocycles. The Morgan fingerprint density at radius 3 is 2.85 bits per heavy atom. The van der Waals surface area contributed by atoms with Crippen LogP contribution in [0.3, 0.4) is 0 Å². The van der Waals surface area contributed by atoms with E-state index < -0.39 is 6.04 Å². The van der Waals surface area contributed by atoms with Crippen molar-refractivity contribution in [2.75, 3.05) is 0 Å². The smallest absolute Gasteiger partial charge is 0.255 e. The van der Waals surface area contributed by atoms with E-state index in [1.807, 2.05) is 18.2 Å². The van der Waals surface area contributed by atoms with E-state index in [2.05, 4.69) is 12.2 Å². The third-order valence-electron chi connectivity index (χ3n) is 4.00. The first-order chi connectivity index (χ1) is 9.60. The molecule has 2 heterocycles. The van der Waals surface area contributed by atoms with Crippen molar-refractivity contribution in [3.05, 3.63) is 34.9 Å². The molecule has 5 heteroatoms. The van der Waals surface area contributed by atoms with Gasteiger partial charge < -0.3 is 4.90 Å². The van der Waals surface area contributed by atoms with Gasteiger partial charge in [0.1, 0.15) is 6.04 Å². The maximum atomic E-state index is 12.4. The maximum Gasteiger partial charge on any atom is 0.255 e. The van der Waals surface area contributed by atoms with Gasteiger partial charge in [-0.05, 0) is 30.0 Å². The summed E-state index contributed by atoms with van der Waals surface area (Å²) in [4.78, 5) is 37.0. The minimum absolute atomic E-state index is 0. The fourth-order valence-corrected chi connectivity index (χ4v) is 2.85. The number of imide groups is 1. The number of nitrogens with zero attached hydrogens (tertiary/aromatic N) is 1. The Kier molecular flexibility index (Phi) is 3.04. The SMILES string of the molecule is CCc1ccc2c(c1)CN([C@@H]1CCC(=O)NC1=O)C2=O.[HH]. The van der Waals surface area contributed by atoms with Crippen LogP contribution >= 0.6 is 0 Å². The van der Waals surface area contributed by atoms with Gasteiger partial charge in [0.2, 0.25) is 11.8 Å². The van der Waals surface area contributed by atoms with Crippen LogP contribution in [-0.2, 0) is 22.6 Å². The van der Waals surface area contributed by atoms with Crippen LogP contribution in [0.1, 0.15) is 42.7 Å². The van der Waals surface area contributed by atoms with E-state index in [0.29, 0.717) is 18.5 Å². The molecule has 0 spiro atoms. The summed E-state index contributed by atoms with van der Waals surface area (Å²) in [5.74, 6) is -0.737. The highest BCUT2D eigenvalue weighted by Gasteiger charge is 2.38. The number of carbonyl (C=O) groups is 3. The van der Waals surface area contributed by atoms with Crippen LogP contribution in [-0.4, -0.2) is 28.7 Å². The van der Waals surface area contributed by atoms with Gasteiger partial charge in [0.15, 0.2) is 0 Å². The summed E-state index contributed by atoms with van der Waals surface area (Å²) in [6.45, 7) is 2.52. The Labute approximate surface area is 118 Å². The summed E-state index contributed by atoms with van der Waals surface area (Å²) in [6.07, 6.45) is 1.61. The minimum Gasteiger partial charge on any atom is -0.322 e. The molecule has 3 amide bonds. The number of aryl methyl sites for hydroxylation is 1. The molecular weight excluding hydrogens is 256 g/mol. The third-order valence-corrected chi connectivity index (χ3v) is 4.00. The van der Waals surface area contributed by atoms with Crippen molar-refractivity contribution in [1.82, 2.24) is 10.2 Å². The van der Waals surface area contributed by atoms with Crippen LogP contribution in [0, 0.1) is 0 Å². The number of piperidine rings is 1. The average Bonchev–Trinajstić information content (AvgIpc) is 2.75. The molecule has 1 aromatic carbocycles. The number of carbonyl (C=O) groups excluding carboxylic acids is 3. The first-order valence-electron chi connectivity index (χ1n) is 6.86. The van der Waals surface area contributed by atoms with Gasteiger partial charge in [0, 0.05) is 20.0 Å². The van der Waals surface area contributed by atoms with Crippen molar-refractivity contribution in [2.24, 2.45) is 0 Å². The molecule has 0 saturated carbocycles. The van der Waals surface area contributed by atoms with E-state index in [-0.39, 0.29) is 25.6 Å². The maximum absolute atomic E-state index is 12.4. The zero-order chi connectivity index (χ0) is 14.3. The van der Waals surface area contributed by atoms with Crippen LogP contribution in [0.2, 0.25) is 0 Å². The molecule has 0 aliphatic carbocycles. The van der Waals surface area contributed by atoms with Gasteiger partial charge in [-0.1, -0.05) is 19.1 Å². The standard InChI is InChI=1S/C15H16N2O3.H2/c1-2-9-3-4-11-10(7-9)8-17(15(11)20)12-5-6-13(18)16-14(12)19;/h3-4,7,12H,2,5-6,8H2,1H3,(H,16,18,19);1H/t12-;/m1./s1. The number of nitrogens with one attached hydrogen (secondary N) is 1. The minimum atomic E-state index is -0.530. The average molecular weight is 274 g/mol. The topological polar surface area (TPSA) is 66.5 Å². The normalized spacial score (nSPS) is 21.9. The van der Waals surface area contributed by atoms with E-state index in [9.17, 15) is 14.4 Å². The van der Waals surface area contributed by atoms with E-state index in [0.717, 1.165) is 12.0 Å². The molecule has 2 aliphatic heterocycles. The summed E-state index contributed by atoms with van der Waals surface area (Å²) in [6, 6.07) is 5.28. The van der Waals surface area contributed by atoms with Gasteiger partial charge in [0.25, 0.3) is 5.91 Å². The molecule has 20 heavy (non-hydrogen) atoms. The number of rotatable bonds is 2. The molecule has 1 saturated heterocycles. The second-order valence-corrected chi connectivity index (χ2v) is 5.25. The number of fused-ring (bicyclic) bond motifs is 1. The lowest BCUT2D eigenvalue weighted by Gasteiger charge is -2.29. The highest BCUT2D eigenvalue weighted by molar-refractivity contribution is 6.05. The lowest BCUT2D eigenvalue weighted by Crippen LogP contribution is -2.52. The van der Waals surface area contributed by atoms with Gasteiger partial charge in [-0.3, -0.25) is 19.7 Å². The highest BCUT2D eigenvalue weighted by Crippen LogP contribution is 2.28. The van der Waals surface area contributed by atoms with Gasteiger partial charge in [-0.15, -0.1) is 0 Å². The van der Waals surface area contributed by atoms with Crippen molar-refractivity contribution in [2.45, 2.75) is 38.8 Å². The zero-order valence-corrected chi connectivity index (χ0v) is 11.3. The Balaban J connectivity index is 0.00000161. The quantitative estimate of drug-likeness (QED) is 0.826. The van der Waals surface area contributed by atoms with Gasteiger partial charge in [0.05, 0.1) is 0 Å². The zero-order valence-electron chi connectivity index (χ0n) is 11.3. The van der Waals surface area contributed by atoms with Crippen molar-refractivity contribution < 1.29 is 15.8 Å². The third kappa shape index (κ3) is 1.99. The Morgan fingerprint density at radius 1 is 1.35 bits per heavy atom. The van der Waals surface area contributed by atoms with Crippen molar-refractivity contribution in [3.63, 3.8) is 0 Å². The Bertz CT molecular complexity index is 615. The predicted octanol–water partition coefficient (Wildman–Crippen LogP) is 1.26. The van der Waals surface area contributed by atoms with Crippen molar-refractivity contribution in [1.29, 1.82) is 0 Å². The first-order valence-corrected chi connectivity index (χ1v) is 6.86. The van der Waals surface area contributed by atoms with E-state index in [1.165, 1.54) is 5.56 Å². The molecule has 3 rings (SSSR count). The largest absolute Gasteiger partial charge is 0.322 e. The second-order valence-electron chi connectivity index (χ2n) is 5.25. The molecule has 5 nitrogen and oxygen atoms in total. The second kappa shape index (κ2) is 4.74. The molecule has 106 valence electrons. The predicted molar refractivity (Wildman–Crippen MR) is 74.0 cm³/mol. The fourth-order valence-electron chi connectivity index (χ4n) is 2.85. The monoisotopic (exact) mass is 274 g/mol. The molecule has 2 aliphatic rings. The molecule has 1 atom stereocenters. The van der Waals surface area contributed by atoms with Crippen LogP contribution in [0.25, 0.3) is 0 Å². The summed E-state index contributed by atoms with van der Waals surface area (Å²) in [5.41, 5.74) is 2.83. The molecule has 0 bridgehead atoms. The van der Waals surface area contributed by atoms with E-state index in [4.69, 9.17) is 0 Å². The lowest BCUT2D eigenvalue weighted by atomic mass is 10.0. The van der Waals surface area contributed by atoms with Gasteiger partial charge in [-0.2, -0.15) is 0 Å². The molecule has 1 aromatic rings. The summed E-state index contributed by atoms with van der Waals surface area (Å²) in [5, 5.41) is 2.30. The van der Waals surface area contributed by atoms with E-state index >= 15 is 0 Å². The molecular formula is C15H18N2O3.